The summed E-state index contributed by atoms with van der Waals surface area (Å²) in [7, 11) is 1.36. The summed E-state index contributed by atoms with van der Waals surface area (Å²) in [4.78, 5) is 22.9. The van der Waals surface area contributed by atoms with Gasteiger partial charge in [-0.25, -0.2) is 13.2 Å². The van der Waals surface area contributed by atoms with Crippen LogP contribution in [0.5, 0.6) is 5.75 Å². The van der Waals surface area contributed by atoms with E-state index in [-0.39, 0.29) is 40.5 Å². The lowest BCUT2D eigenvalue weighted by Crippen LogP contribution is -2.48. The minimum Gasteiger partial charge on any atom is -0.494 e. The van der Waals surface area contributed by atoms with E-state index in [1.54, 1.807) is 30.0 Å². The van der Waals surface area contributed by atoms with Gasteiger partial charge >= 0.3 is 0 Å². The van der Waals surface area contributed by atoms with Crippen LogP contribution in [0.2, 0.25) is 0 Å². The highest BCUT2D eigenvalue weighted by Gasteiger charge is 2.33. The van der Waals surface area contributed by atoms with Crippen molar-refractivity contribution in [2.24, 2.45) is 0 Å². The molecule has 1 fully saturated rings. The Labute approximate surface area is 247 Å². The van der Waals surface area contributed by atoms with E-state index in [1.165, 1.54) is 31.0 Å². The molecule has 0 N–H and O–H groups in total. The van der Waals surface area contributed by atoms with Crippen molar-refractivity contribution >= 4 is 17.4 Å². The van der Waals surface area contributed by atoms with E-state index in [1.807, 2.05) is 12.1 Å². The zero-order valence-corrected chi connectivity index (χ0v) is 24.5. The molecular weight excluding hydrogens is 561 g/mol. The summed E-state index contributed by atoms with van der Waals surface area (Å²) in [6.45, 7) is 12.4. The predicted molar refractivity (Wildman–Crippen MR) is 162 cm³/mol. The van der Waals surface area contributed by atoms with Gasteiger partial charge in [0.25, 0.3) is 5.56 Å². The summed E-state index contributed by atoms with van der Waals surface area (Å²) < 4.78 is 51.6. The van der Waals surface area contributed by atoms with Crippen molar-refractivity contribution in [3.8, 4) is 16.9 Å². The smallest absolute Gasteiger partial charge is 0.260 e. The van der Waals surface area contributed by atoms with Gasteiger partial charge in [-0.1, -0.05) is 25.3 Å². The van der Waals surface area contributed by atoms with Gasteiger partial charge < -0.3 is 9.64 Å². The molecule has 220 valence electrons. The standard InChI is InChI=1S/C32H33F3N4O2S/c1-5-27(34)26(21(3)33)17-25-20(2)29(24-7-6-8-28(41-4)30(24)35)31(40)39-23(19-42-32(25)39)18-37-13-15-38(16-14-37)22-9-11-36-12-10-22/h5-12,23H,1,3,13-19H2,2,4H3/b27-26+. The number of nitrogens with zero attached hydrogens (tertiary/aromatic N) is 4. The molecule has 1 atom stereocenters. The maximum Gasteiger partial charge on any atom is 0.260 e. The van der Waals surface area contributed by atoms with Gasteiger partial charge in [0.05, 0.1) is 23.7 Å². The Kier molecular flexibility index (Phi) is 8.93. The third kappa shape index (κ3) is 5.65. The number of thioether (sulfide) groups is 1. The quantitative estimate of drug-likeness (QED) is 0.272. The fourth-order valence-electron chi connectivity index (χ4n) is 5.74. The van der Waals surface area contributed by atoms with E-state index in [0.29, 0.717) is 28.5 Å². The maximum absolute atomic E-state index is 15.6. The van der Waals surface area contributed by atoms with Crippen molar-refractivity contribution in [1.29, 1.82) is 0 Å². The lowest BCUT2D eigenvalue weighted by Gasteiger charge is -2.37. The lowest BCUT2D eigenvalue weighted by molar-refractivity contribution is 0.224. The average molecular weight is 595 g/mol. The first-order chi connectivity index (χ1) is 20.2. The van der Waals surface area contributed by atoms with Gasteiger partial charge in [-0.05, 0) is 42.3 Å². The van der Waals surface area contributed by atoms with Crippen LogP contribution in [0.4, 0.5) is 18.9 Å². The van der Waals surface area contributed by atoms with E-state index in [0.717, 1.165) is 37.9 Å². The maximum atomic E-state index is 15.6. The van der Waals surface area contributed by atoms with Gasteiger partial charge in [0.15, 0.2) is 11.6 Å². The van der Waals surface area contributed by atoms with Gasteiger partial charge in [-0.15, -0.1) is 11.8 Å². The highest BCUT2D eigenvalue weighted by atomic mass is 32.2. The topological polar surface area (TPSA) is 50.6 Å². The van der Waals surface area contributed by atoms with Crippen molar-refractivity contribution in [1.82, 2.24) is 14.5 Å². The summed E-state index contributed by atoms with van der Waals surface area (Å²) in [6.07, 6.45) is 4.35. The first-order valence-corrected chi connectivity index (χ1v) is 14.7. The number of hydrogen-bond acceptors (Lipinski definition) is 6. The number of methoxy groups -OCH3 is 1. The Morgan fingerprint density at radius 2 is 1.88 bits per heavy atom. The molecule has 5 rings (SSSR count). The summed E-state index contributed by atoms with van der Waals surface area (Å²) in [5.41, 5.74) is 1.81. The second-order valence-electron chi connectivity index (χ2n) is 10.4. The zero-order valence-electron chi connectivity index (χ0n) is 23.7. The number of piperazine rings is 1. The van der Waals surface area contributed by atoms with E-state index in [4.69, 9.17) is 4.74 Å². The molecular formula is C32H33F3N4O2S. The second kappa shape index (κ2) is 12.6. The van der Waals surface area contributed by atoms with E-state index >= 15 is 4.39 Å². The molecule has 0 aliphatic carbocycles. The van der Waals surface area contributed by atoms with Crippen LogP contribution in [-0.2, 0) is 6.42 Å². The van der Waals surface area contributed by atoms with Crippen LogP contribution >= 0.6 is 11.8 Å². The molecule has 2 aliphatic heterocycles. The van der Waals surface area contributed by atoms with Crippen LogP contribution in [0.15, 0.2) is 89.0 Å². The molecule has 0 spiro atoms. The van der Waals surface area contributed by atoms with E-state index in [9.17, 15) is 13.6 Å². The van der Waals surface area contributed by atoms with Crippen LogP contribution in [0.3, 0.4) is 0 Å². The highest BCUT2D eigenvalue weighted by Crippen LogP contribution is 2.41. The summed E-state index contributed by atoms with van der Waals surface area (Å²) in [5, 5.41) is 0.639. The molecule has 42 heavy (non-hydrogen) atoms. The number of ether oxygens (including phenoxy) is 1. The van der Waals surface area contributed by atoms with E-state index in [2.05, 4.69) is 27.9 Å². The van der Waals surface area contributed by atoms with Crippen LogP contribution in [0, 0.1) is 12.7 Å². The fourth-order valence-corrected chi connectivity index (χ4v) is 7.12. The number of aromatic nitrogens is 2. The average Bonchev–Trinajstić information content (AvgIpc) is 3.41. The molecule has 2 aliphatic rings. The molecule has 1 unspecified atom stereocenters. The monoisotopic (exact) mass is 594 g/mol. The normalized spacial score (nSPS) is 17.5. The number of allylic oxidation sites excluding steroid dienone is 4. The molecule has 0 bridgehead atoms. The van der Waals surface area contributed by atoms with Gasteiger partial charge in [-0.3, -0.25) is 19.2 Å². The Bertz CT molecular complexity index is 1600. The SMILES string of the molecule is C=C/C(F)=C(/Cc1c(C)c(-c2cccc(OC)c2F)c(=O)n2c1SCC2CN1CCN(c2ccncc2)CC1)C(=C)F. The second-order valence-corrected chi connectivity index (χ2v) is 11.4. The number of halogens is 3. The molecule has 3 aromatic rings. The Balaban J connectivity index is 1.55. The minimum atomic E-state index is -0.919. The van der Waals surface area contributed by atoms with Crippen molar-refractivity contribution in [3.63, 3.8) is 0 Å². The Morgan fingerprint density at radius 1 is 1.17 bits per heavy atom. The molecule has 1 saturated heterocycles. The van der Waals surface area contributed by atoms with E-state index < -0.39 is 17.5 Å². The number of hydrogen-bond donors (Lipinski definition) is 0. The first kappa shape index (κ1) is 29.7. The number of rotatable bonds is 9. The molecule has 1 aromatic carbocycles. The van der Waals surface area contributed by atoms with Gasteiger partial charge in [0, 0.05) is 74.1 Å². The number of anilines is 1. The molecule has 6 nitrogen and oxygen atoms in total. The predicted octanol–water partition coefficient (Wildman–Crippen LogP) is 6.27. The molecule has 0 amide bonds. The first-order valence-electron chi connectivity index (χ1n) is 13.7. The summed E-state index contributed by atoms with van der Waals surface area (Å²) >= 11 is 1.48. The molecule has 0 radical (unpaired) electrons. The van der Waals surface area contributed by atoms with Crippen molar-refractivity contribution in [2.75, 3.05) is 50.5 Å². The summed E-state index contributed by atoms with van der Waals surface area (Å²) in [6, 6.07) is 8.41. The number of pyridine rings is 2. The highest BCUT2D eigenvalue weighted by molar-refractivity contribution is 7.99. The van der Waals surface area contributed by atoms with Crippen molar-refractivity contribution in [3.05, 3.63) is 106 Å². The zero-order chi connectivity index (χ0) is 30.0. The largest absolute Gasteiger partial charge is 0.494 e. The van der Waals surface area contributed by atoms with Crippen LogP contribution in [0.1, 0.15) is 17.2 Å². The van der Waals surface area contributed by atoms with Gasteiger partial charge in [0.2, 0.25) is 0 Å². The Morgan fingerprint density at radius 3 is 2.52 bits per heavy atom. The molecule has 0 saturated carbocycles. The molecule has 10 heteroatoms. The summed E-state index contributed by atoms with van der Waals surface area (Å²) in [5.74, 6) is -1.79. The van der Waals surface area contributed by atoms with Crippen LogP contribution < -0.4 is 15.2 Å². The third-order valence-electron chi connectivity index (χ3n) is 7.99. The molecule has 2 aromatic heterocycles. The molecule has 4 heterocycles. The van der Waals surface area contributed by atoms with Gasteiger partial charge in [0.1, 0.15) is 11.7 Å². The van der Waals surface area contributed by atoms with Crippen LogP contribution in [-0.4, -0.2) is 60.0 Å². The van der Waals surface area contributed by atoms with Crippen LogP contribution in [0.25, 0.3) is 11.1 Å². The Hall–Kier alpha value is -3.76. The third-order valence-corrected chi connectivity index (χ3v) is 9.25. The van der Waals surface area contributed by atoms with Gasteiger partial charge in [-0.2, -0.15) is 0 Å². The lowest BCUT2D eigenvalue weighted by atomic mass is 9.93. The van der Waals surface area contributed by atoms with Crippen molar-refractivity contribution < 1.29 is 17.9 Å². The number of benzene rings is 1. The minimum absolute atomic E-state index is 0.00626. The number of fused-ring (bicyclic) bond motifs is 1. The fraction of sp³-hybridized carbons (Fsp3) is 0.312. The van der Waals surface area contributed by atoms with Crippen molar-refractivity contribution in [2.45, 2.75) is 24.4 Å².